The van der Waals surface area contributed by atoms with Crippen molar-refractivity contribution in [2.24, 2.45) is 5.73 Å². The summed E-state index contributed by atoms with van der Waals surface area (Å²) in [6.45, 7) is 4.66. The zero-order valence-corrected chi connectivity index (χ0v) is 8.00. The third-order valence-electron chi connectivity index (χ3n) is 2.04. The molecule has 1 rings (SSSR count). The fourth-order valence-electron chi connectivity index (χ4n) is 1.34. The van der Waals surface area contributed by atoms with Crippen LogP contribution in [-0.2, 0) is 6.42 Å². The SMILES string of the molecule is C=C(N)c1c(F)c(F)c(F)c(F)c1CC. The summed E-state index contributed by atoms with van der Waals surface area (Å²) in [6, 6.07) is 0. The highest BCUT2D eigenvalue weighted by molar-refractivity contribution is 5.64. The highest BCUT2D eigenvalue weighted by Gasteiger charge is 2.24. The van der Waals surface area contributed by atoms with Crippen molar-refractivity contribution in [1.29, 1.82) is 0 Å². The molecular weight excluding hydrogens is 210 g/mol. The largest absolute Gasteiger partial charge is 0.399 e. The molecule has 0 heterocycles. The molecule has 1 aromatic rings. The van der Waals surface area contributed by atoms with Crippen LogP contribution < -0.4 is 5.73 Å². The summed E-state index contributed by atoms with van der Waals surface area (Å²) < 4.78 is 52.1. The van der Waals surface area contributed by atoms with Crippen molar-refractivity contribution in [2.45, 2.75) is 13.3 Å². The summed E-state index contributed by atoms with van der Waals surface area (Å²) in [5.41, 5.74) is 4.06. The van der Waals surface area contributed by atoms with Gasteiger partial charge in [0.15, 0.2) is 23.3 Å². The fourth-order valence-corrected chi connectivity index (χ4v) is 1.34. The quantitative estimate of drug-likeness (QED) is 0.462. The molecule has 0 radical (unpaired) electrons. The molecule has 0 spiro atoms. The van der Waals surface area contributed by atoms with Crippen LogP contribution >= 0.6 is 0 Å². The Bertz CT molecular complexity index is 426. The highest BCUT2D eigenvalue weighted by Crippen LogP contribution is 2.27. The van der Waals surface area contributed by atoms with Gasteiger partial charge in [0.1, 0.15) is 0 Å². The molecule has 0 saturated heterocycles. The van der Waals surface area contributed by atoms with Gasteiger partial charge in [-0.3, -0.25) is 0 Å². The lowest BCUT2D eigenvalue weighted by Gasteiger charge is -2.11. The van der Waals surface area contributed by atoms with E-state index in [1.54, 1.807) is 0 Å². The Labute approximate surface area is 84.2 Å². The molecule has 0 unspecified atom stereocenters. The van der Waals surface area contributed by atoms with Gasteiger partial charge in [0.2, 0.25) is 0 Å². The minimum Gasteiger partial charge on any atom is -0.399 e. The lowest BCUT2D eigenvalue weighted by atomic mass is 10.0. The van der Waals surface area contributed by atoms with Crippen LogP contribution in [0.15, 0.2) is 6.58 Å². The zero-order chi connectivity index (χ0) is 11.7. The van der Waals surface area contributed by atoms with E-state index in [2.05, 4.69) is 6.58 Å². The number of hydrogen-bond donors (Lipinski definition) is 1. The Kier molecular flexibility index (Phi) is 3.02. The van der Waals surface area contributed by atoms with Gasteiger partial charge in [-0.2, -0.15) is 0 Å². The van der Waals surface area contributed by atoms with Gasteiger partial charge in [0.05, 0.1) is 0 Å². The summed E-state index contributed by atoms with van der Waals surface area (Å²) in [5, 5.41) is 0. The summed E-state index contributed by atoms with van der Waals surface area (Å²) in [7, 11) is 0. The van der Waals surface area contributed by atoms with E-state index in [-0.39, 0.29) is 17.7 Å². The van der Waals surface area contributed by atoms with E-state index in [1.165, 1.54) is 6.92 Å². The van der Waals surface area contributed by atoms with E-state index in [4.69, 9.17) is 5.73 Å². The van der Waals surface area contributed by atoms with Gasteiger partial charge in [-0.15, -0.1) is 0 Å². The van der Waals surface area contributed by atoms with Crippen molar-refractivity contribution in [2.75, 3.05) is 0 Å². The molecule has 0 aliphatic rings. The second kappa shape index (κ2) is 3.92. The van der Waals surface area contributed by atoms with E-state index in [0.29, 0.717) is 0 Å². The second-order valence-corrected chi connectivity index (χ2v) is 2.99. The average Bonchev–Trinajstić information content (AvgIpc) is 2.19. The third-order valence-corrected chi connectivity index (χ3v) is 2.04. The number of rotatable bonds is 2. The topological polar surface area (TPSA) is 26.0 Å². The van der Waals surface area contributed by atoms with E-state index >= 15 is 0 Å². The smallest absolute Gasteiger partial charge is 0.198 e. The Morgan fingerprint density at radius 1 is 1.07 bits per heavy atom. The first-order chi connectivity index (χ1) is 6.91. The molecule has 0 saturated carbocycles. The fraction of sp³-hybridized carbons (Fsp3) is 0.200. The predicted octanol–water partition coefficient (Wildman–Crippen LogP) is 2.73. The zero-order valence-electron chi connectivity index (χ0n) is 8.00. The molecule has 2 N–H and O–H groups in total. The minimum absolute atomic E-state index is 0.00843. The summed E-state index contributed by atoms with van der Waals surface area (Å²) in [5.74, 6) is -6.61. The van der Waals surface area contributed by atoms with Gasteiger partial charge >= 0.3 is 0 Å². The van der Waals surface area contributed by atoms with Crippen LogP contribution in [0.4, 0.5) is 17.6 Å². The second-order valence-electron chi connectivity index (χ2n) is 2.99. The van der Waals surface area contributed by atoms with Crippen molar-refractivity contribution in [3.63, 3.8) is 0 Å². The minimum atomic E-state index is -1.87. The maximum atomic E-state index is 13.2. The summed E-state index contributed by atoms with van der Waals surface area (Å²) in [6.07, 6.45) is -0.00843. The van der Waals surface area contributed by atoms with Crippen LogP contribution in [0.3, 0.4) is 0 Å². The number of halogens is 4. The van der Waals surface area contributed by atoms with Gasteiger partial charge in [-0.1, -0.05) is 13.5 Å². The predicted molar refractivity (Wildman–Crippen MR) is 48.9 cm³/mol. The number of benzene rings is 1. The summed E-state index contributed by atoms with van der Waals surface area (Å²) in [4.78, 5) is 0. The van der Waals surface area contributed by atoms with E-state index in [0.717, 1.165) is 0 Å². The maximum Gasteiger partial charge on any atom is 0.198 e. The lowest BCUT2D eigenvalue weighted by molar-refractivity contribution is 0.403. The molecule has 1 nitrogen and oxygen atoms in total. The molecule has 0 atom stereocenters. The van der Waals surface area contributed by atoms with Gasteiger partial charge in [0, 0.05) is 16.8 Å². The van der Waals surface area contributed by atoms with Crippen LogP contribution in [0.1, 0.15) is 18.1 Å². The van der Waals surface area contributed by atoms with Crippen LogP contribution in [0.25, 0.3) is 5.70 Å². The Balaban J connectivity index is 3.70. The van der Waals surface area contributed by atoms with Gasteiger partial charge < -0.3 is 5.73 Å². The first kappa shape index (κ1) is 11.6. The average molecular weight is 219 g/mol. The monoisotopic (exact) mass is 219 g/mol. The van der Waals surface area contributed by atoms with Gasteiger partial charge in [0.25, 0.3) is 0 Å². The van der Waals surface area contributed by atoms with Crippen molar-refractivity contribution in [3.05, 3.63) is 41.0 Å². The maximum absolute atomic E-state index is 13.2. The Morgan fingerprint density at radius 2 is 1.53 bits per heavy atom. The molecule has 0 aliphatic heterocycles. The van der Waals surface area contributed by atoms with E-state index in [9.17, 15) is 17.6 Å². The van der Waals surface area contributed by atoms with Gasteiger partial charge in [-0.25, -0.2) is 17.6 Å². The molecule has 0 fully saturated rings. The number of nitrogens with two attached hydrogens (primary N) is 1. The van der Waals surface area contributed by atoms with Crippen LogP contribution in [-0.4, -0.2) is 0 Å². The molecule has 0 amide bonds. The van der Waals surface area contributed by atoms with Crippen molar-refractivity contribution in [3.8, 4) is 0 Å². The highest BCUT2D eigenvalue weighted by atomic mass is 19.2. The van der Waals surface area contributed by atoms with Crippen LogP contribution in [0.2, 0.25) is 0 Å². The first-order valence-corrected chi connectivity index (χ1v) is 4.21. The molecule has 15 heavy (non-hydrogen) atoms. The van der Waals surface area contributed by atoms with E-state index < -0.39 is 28.8 Å². The van der Waals surface area contributed by atoms with Crippen LogP contribution in [0.5, 0.6) is 0 Å². The third kappa shape index (κ3) is 1.69. The molecule has 0 bridgehead atoms. The Hall–Kier alpha value is -1.52. The van der Waals surface area contributed by atoms with Gasteiger partial charge in [-0.05, 0) is 6.42 Å². The normalized spacial score (nSPS) is 10.5. The molecule has 0 aromatic heterocycles. The molecular formula is C10H9F4N. The Morgan fingerprint density at radius 3 is 1.93 bits per heavy atom. The van der Waals surface area contributed by atoms with Crippen molar-refractivity contribution < 1.29 is 17.6 Å². The van der Waals surface area contributed by atoms with E-state index in [1.807, 2.05) is 0 Å². The standard InChI is InChI=1S/C10H9F4N/c1-3-5-6(4(2)15)8(12)10(14)9(13)7(5)11/h2-3,15H2,1H3. The molecule has 5 heteroatoms. The van der Waals surface area contributed by atoms with Crippen molar-refractivity contribution >= 4 is 5.70 Å². The molecule has 1 aromatic carbocycles. The first-order valence-electron chi connectivity index (χ1n) is 4.21. The molecule has 0 aliphatic carbocycles. The summed E-state index contributed by atoms with van der Waals surface area (Å²) >= 11 is 0. The number of hydrogen-bond acceptors (Lipinski definition) is 1. The van der Waals surface area contributed by atoms with Crippen LogP contribution in [0, 0.1) is 23.3 Å². The molecule has 82 valence electrons. The van der Waals surface area contributed by atoms with Crippen molar-refractivity contribution in [1.82, 2.24) is 0 Å². The lowest BCUT2D eigenvalue weighted by Crippen LogP contribution is -2.10.